The van der Waals surface area contributed by atoms with Gasteiger partial charge in [-0.05, 0) is 36.2 Å². The van der Waals surface area contributed by atoms with E-state index in [0.29, 0.717) is 36.1 Å². The number of ether oxygens (including phenoxy) is 1. The molecule has 0 aliphatic carbocycles. The molecule has 1 amide bonds. The van der Waals surface area contributed by atoms with Crippen LogP contribution in [0.1, 0.15) is 29.9 Å². The van der Waals surface area contributed by atoms with Crippen molar-refractivity contribution in [1.82, 2.24) is 10.3 Å². The van der Waals surface area contributed by atoms with Gasteiger partial charge in [0.15, 0.2) is 0 Å². The van der Waals surface area contributed by atoms with Crippen LogP contribution >= 0.6 is 0 Å². The van der Waals surface area contributed by atoms with Crippen LogP contribution in [0.2, 0.25) is 0 Å². The van der Waals surface area contributed by atoms with E-state index in [4.69, 9.17) is 10.5 Å². The van der Waals surface area contributed by atoms with Crippen molar-refractivity contribution in [2.45, 2.75) is 20.4 Å². The van der Waals surface area contributed by atoms with Crippen LogP contribution in [0.4, 0.5) is 5.69 Å². The summed E-state index contributed by atoms with van der Waals surface area (Å²) in [5, 5.41) is 2.83. The van der Waals surface area contributed by atoms with Crippen LogP contribution in [0.15, 0.2) is 42.6 Å². The van der Waals surface area contributed by atoms with Gasteiger partial charge in [-0.3, -0.25) is 9.78 Å². The number of hydrogen-bond acceptors (Lipinski definition) is 4. The smallest absolute Gasteiger partial charge is 0.251 e. The first-order valence-corrected chi connectivity index (χ1v) is 7.26. The van der Waals surface area contributed by atoms with Gasteiger partial charge in [0.2, 0.25) is 0 Å². The van der Waals surface area contributed by atoms with Gasteiger partial charge in [-0.15, -0.1) is 0 Å². The minimum Gasteiger partial charge on any atom is -0.491 e. The number of carbonyl (C=O) groups is 1. The third-order valence-corrected chi connectivity index (χ3v) is 3.00. The summed E-state index contributed by atoms with van der Waals surface area (Å²) in [5.41, 5.74) is 7.73. The van der Waals surface area contributed by atoms with Crippen molar-refractivity contribution in [2.24, 2.45) is 5.92 Å². The van der Waals surface area contributed by atoms with Gasteiger partial charge in [-0.25, -0.2) is 0 Å². The Morgan fingerprint density at radius 3 is 2.82 bits per heavy atom. The lowest BCUT2D eigenvalue weighted by Gasteiger charge is -2.12. The second-order valence-corrected chi connectivity index (χ2v) is 5.46. The third-order valence-electron chi connectivity index (χ3n) is 3.00. The second-order valence-electron chi connectivity index (χ2n) is 5.46. The molecule has 5 heteroatoms. The zero-order chi connectivity index (χ0) is 15.9. The number of anilines is 1. The molecule has 0 saturated carbocycles. The van der Waals surface area contributed by atoms with Crippen molar-refractivity contribution >= 4 is 11.6 Å². The van der Waals surface area contributed by atoms with E-state index in [0.717, 1.165) is 5.69 Å². The highest BCUT2D eigenvalue weighted by Gasteiger charge is 2.10. The molecule has 0 spiro atoms. The maximum Gasteiger partial charge on any atom is 0.251 e. The highest BCUT2D eigenvalue weighted by atomic mass is 16.5. The molecule has 0 radical (unpaired) electrons. The molecule has 1 aromatic carbocycles. The lowest BCUT2D eigenvalue weighted by Crippen LogP contribution is -2.23. The highest BCUT2D eigenvalue weighted by molar-refractivity contribution is 5.95. The molecular weight excluding hydrogens is 278 g/mol. The predicted molar refractivity (Wildman–Crippen MR) is 86.6 cm³/mol. The summed E-state index contributed by atoms with van der Waals surface area (Å²) in [5.74, 6) is 0.750. The number of hydrogen-bond donors (Lipinski definition) is 2. The van der Waals surface area contributed by atoms with E-state index < -0.39 is 0 Å². The Bertz CT molecular complexity index is 627. The average molecular weight is 299 g/mol. The Morgan fingerprint density at radius 2 is 2.14 bits per heavy atom. The van der Waals surface area contributed by atoms with Gasteiger partial charge in [-0.1, -0.05) is 19.9 Å². The van der Waals surface area contributed by atoms with E-state index in [2.05, 4.69) is 24.1 Å². The van der Waals surface area contributed by atoms with E-state index in [1.807, 2.05) is 18.2 Å². The summed E-state index contributed by atoms with van der Waals surface area (Å²) in [7, 11) is 0. The lowest BCUT2D eigenvalue weighted by atomic mass is 10.1. The number of nitrogens with one attached hydrogen (secondary N) is 1. The van der Waals surface area contributed by atoms with Crippen LogP contribution in [0, 0.1) is 5.92 Å². The number of nitrogens with two attached hydrogens (primary N) is 1. The van der Waals surface area contributed by atoms with E-state index >= 15 is 0 Å². The van der Waals surface area contributed by atoms with Crippen LogP contribution in [0.5, 0.6) is 5.75 Å². The summed E-state index contributed by atoms with van der Waals surface area (Å²) in [6.07, 6.45) is 1.70. The minimum absolute atomic E-state index is 0.181. The molecular formula is C17H21N3O2. The third kappa shape index (κ3) is 4.48. The van der Waals surface area contributed by atoms with Crippen LogP contribution in [0.25, 0.3) is 0 Å². The SMILES string of the molecule is CC(C)COc1cc(C(=O)NCc2ccccn2)ccc1N. The Balaban J connectivity index is 2.01. The van der Waals surface area contributed by atoms with E-state index in [1.54, 1.807) is 24.4 Å². The van der Waals surface area contributed by atoms with Crippen LogP contribution in [-0.2, 0) is 6.54 Å². The molecule has 0 aliphatic rings. The molecule has 1 heterocycles. The standard InChI is InChI=1S/C17H21N3O2/c1-12(2)11-22-16-9-13(6-7-15(16)18)17(21)20-10-14-5-3-4-8-19-14/h3-9,12H,10-11,18H2,1-2H3,(H,20,21). The fourth-order valence-electron chi connectivity index (χ4n) is 1.83. The molecule has 0 unspecified atom stereocenters. The Morgan fingerprint density at radius 1 is 1.32 bits per heavy atom. The molecule has 3 N–H and O–H groups in total. The van der Waals surface area contributed by atoms with Gasteiger partial charge >= 0.3 is 0 Å². The van der Waals surface area contributed by atoms with Crippen LogP contribution in [-0.4, -0.2) is 17.5 Å². The van der Waals surface area contributed by atoms with Gasteiger partial charge in [0.25, 0.3) is 5.91 Å². The van der Waals surface area contributed by atoms with Gasteiger partial charge in [-0.2, -0.15) is 0 Å². The Labute approximate surface area is 130 Å². The zero-order valence-corrected chi connectivity index (χ0v) is 12.9. The van der Waals surface area contributed by atoms with Crippen molar-refractivity contribution in [2.75, 3.05) is 12.3 Å². The number of nitrogen functional groups attached to an aromatic ring is 1. The first kappa shape index (κ1) is 15.8. The van der Waals surface area contributed by atoms with Crippen molar-refractivity contribution in [1.29, 1.82) is 0 Å². The van der Waals surface area contributed by atoms with E-state index in [9.17, 15) is 4.79 Å². The summed E-state index contributed by atoms with van der Waals surface area (Å²) < 4.78 is 5.63. The number of pyridine rings is 1. The maximum atomic E-state index is 12.2. The van der Waals surface area contributed by atoms with Gasteiger partial charge < -0.3 is 15.8 Å². The average Bonchev–Trinajstić information content (AvgIpc) is 2.52. The number of benzene rings is 1. The monoisotopic (exact) mass is 299 g/mol. The predicted octanol–water partition coefficient (Wildman–Crippen LogP) is 2.63. The van der Waals surface area contributed by atoms with Crippen LogP contribution < -0.4 is 15.8 Å². The first-order valence-electron chi connectivity index (χ1n) is 7.26. The molecule has 2 aromatic rings. The summed E-state index contributed by atoms with van der Waals surface area (Å²) in [6, 6.07) is 10.6. The molecule has 0 atom stereocenters. The summed E-state index contributed by atoms with van der Waals surface area (Å²) in [4.78, 5) is 16.3. The van der Waals surface area contributed by atoms with Crippen molar-refractivity contribution in [3.63, 3.8) is 0 Å². The van der Waals surface area contributed by atoms with E-state index in [1.165, 1.54) is 0 Å². The molecule has 5 nitrogen and oxygen atoms in total. The van der Waals surface area contributed by atoms with Gasteiger partial charge in [0.1, 0.15) is 5.75 Å². The minimum atomic E-state index is -0.181. The van der Waals surface area contributed by atoms with Gasteiger partial charge in [0.05, 0.1) is 24.5 Å². The number of rotatable bonds is 6. The maximum absolute atomic E-state index is 12.2. The second kappa shape index (κ2) is 7.45. The molecule has 0 fully saturated rings. The number of amides is 1. The molecule has 1 aromatic heterocycles. The lowest BCUT2D eigenvalue weighted by molar-refractivity contribution is 0.0950. The molecule has 0 bridgehead atoms. The fraction of sp³-hybridized carbons (Fsp3) is 0.294. The van der Waals surface area contributed by atoms with Crippen LogP contribution in [0.3, 0.4) is 0 Å². The largest absolute Gasteiger partial charge is 0.491 e. The number of carbonyl (C=O) groups excluding carboxylic acids is 1. The fourth-order valence-corrected chi connectivity index (χ4v) is 1.83. The van der Waals surface area contributed by atoms with Crippen molar-refractivity contribution in [3.8, 4) is 5.75 Å². The number of nitrogens with zero attached hydrogens (tertiary/aromatic N) is 1. The van der Waals surface area contributed by atoms with Crippen molar-refractivity contribution in [3.05, 3.63) is 53.9 Å². The van der Waals surface area contributed by atoms with Crippen molar-refractivity contribution < 1.29 is 9.53 Å². The molecule has 22 heavy (non-hydrogen) atoms. The quantitative estimate of drug-likeness (QED) is 0.804. The first-order chi connectivity index (χ1) is 10.6. The Kier molecular flexibility index (Phi) is 5.36. The molecule has 0 aliphatic heterocycles. The summed E-state index contributed by atoms with van der Waals surface area (Å²) in [6.45, 7) is 5.05. The van der Waals surface area contributed by atoms with E-state index in [-0.39, 0.29) is 5.91 Å². The zero-order valence-electron chi connectivity index (χ0n) is 12.9. The molecule has 116 valence electrons. The molecule has 0 saturated heterocycles. The topological polar surface area (TPSA) is 77.2 Å². The summed E-state index contributed by atoms with van der Waals surface area (Å²) >= 11 is 0. The molecule has 2 rings (SSSR count). The normalized spacial score (nSPS) is 10.5. The highest BCUT2D eigenvalue weighted by Crippen LogP contribution is 2.23. The van der Waals surface area contributed by atoms with Gasteiger partial charge in [0, 0.05) is 11.8 Å². The number of aromatic nitrogens is 1. The Hall–Kier alpha value is -2.56.